The fourth-order valence-corrected chi connectivity index (χ4v) is 5.26. The van der Waals surface area contributed by atoms with Crippen LogP contribution < -0.4 is 5.32 Å². The molecule has 2 aromatic heterocycles. The molecule has 5 rings (SSSR count). The predicted molar refractivity (Wildman–Crippen MR) is 159 cm³/mol. The topological polar surface area (TPSA) is 94.2 Å². The standard InChI is InChI=1S/C31H33ClN6O2/c1-37(2)15-6-10-29(39)35-23-13-11-22(12-14-23)31(40)38-16-5-7-21(20-38)17-28-34-19-26(32)30(36-28)25-18-33-27-9-4-3-8-24(25)27/h3-4,6,8-14,18-19,21,33H,5,7,15-17,20H2,1-2H3,(H,35,39)/b10-6+/t21-/m1/s1. The molecule has 0 aliphatic carbocycles. The maximum atomic E-state index is 13.3. The molecule has 4 aromatic rings. The minimum Gasteiger partial charge on any atom is -0.360 e. The van der Waals surface area contributed by atoms with Crippen molar-refractivity contribution in [1.29, 1.82) is 0 Å². The number of likely N-dealkylation sites (tertiary alicyclic amines) is 1. The third-order valence-corrected chi connectivity index (χ3v) is 7.33. The molecular weight excluding hydrogens is 524 g/mol. The maximum absolute atomic E-state index is 13.3. The Morgan fingerprint density at radius 2 is 1.98 bits per heavy atom. The van der Waals surface area contributed by atoms with Gasteiger partial charge in [-0.1, -0.05) is 35.9 Å². The van der Waals surface area contributed by atoms with Crippen molar-refractivity contribution >= 4 is 40.0 Å². The minimum absolute atomic E-state index is 0.00929. The van der Waals surface area contributed by atoms with Gasteiger partial charge in [0.15, 0.2) is 0 Å². The molecule has 2 aromatic carbocycles. The van der Waals surface area contributed by atoms with Crippen LogP contribution in [0.3, 0.4) is 0 Å². The first-order chi connectivity index (χ1) is 19.4. The van der Waals surface area contributed by atoms with E-state index in [1.165, 1.54) is 6.08 Å². The van der Waals surface area contributed by atoms with Crippen LogP contribution in [0.2, 0.25) is 5.02 Å². The van der Waals surface area contributed by atoms with Crippen LogP contribution in [-0.4, -0.2) is 70.3 Å². The third-order valence-electron chi connectivity index (χ3n) is 7.05. The number of aromatic nitrogens is 3. The lowest BCUT2D eigenvalue weighted by molar-refractivity contribution is -0.111. The number of halogens is 1. The van der Waals surface area contributed by atoms with E-state index in [2.05, 4.69) is 15.3 Å². The number of fused-ring (bicyclic) bond motifs is 1. The summed E-state index contributed by atoms with van der Waals surface area (Å²) in [6, 6.07) is 15.1. The molecule has 0 spiro atoms. The average Bonchev–Trinajstić information content (AvgIpc) is 3.38. The molecule has 0 saturated carbocycles. The normalized spacial score (nSPS) is 15.7. The van der Waals surface area contributed by atoms with E-state index in [0.29, 0.717) is 48.0 Å². The van der Waals surface area contributed by atoms with Crippen molar-refractivity contribution in [2.75, 3.05) is 39.0 Å². The number of rotatable bonds is 8. The number of carbonyl (C=O) groups excluding carboxylic acids is 2. The van der Waals surface area contributed by atoms with Gasteiger partial charge in [0, 0.05) is 72.2 Å². The Bertz CT molecular complexity index is 1530. The third kappa shape index (κ3) is 6.58. The van der Waals surface area contributed by atoms with E-state index in [4.69, 9.17) is 16.6 Å². The van der Waals surface area contributed by atoms with Gasteiger partial charge in [-0.05, 0) is 63.2 Å². The summed E-state index contributed by atoms with van der Waals surface area (Å²) in [6.07, 6.45) is 9.52. The highest BCUT2D eigenvalue weighted by molar-refractivity contribution is 6.33. The number of hydrogen-bond acceptors (Lipinski definition) is 5. The second-order valence-electron chi connectivity index (χ2n) is 10.4. The fourth-order valence-electron chi connectivity index (χ4n) is 5.07. The summed E-state index contributed by atoms with van der Waals surface area (Å²) in [5.41, 5.74) is 3.95. The zero-order valence-electron chi connectivity index (χ0n) is 22.7. The first-order valence-corrected chi connectivity index (χ1v) is 13.8. The summed E-state index contributed by atoms with van der Waals surface area (Å²) < 4.78 is 0. The van der Waals surface area contributed by atoms with Crippen molar-refractivity contribution in [2.45, 2.75) is 19.3 Å². The highest BCUT2D eigenvalue weighted by atomic mass is 35.5. The number of nitrogens with one attached hydrogen (secondary N) is 2. The molecule has 0 unspecified atom stereocenters. The maximum Gasteiger partial charge on any atom is 0.253 e. The Hall–Kier alpha value is -4.01. The number of para-hydroxylation sites is 1. The van der Waals surface area contributed by atoms with E-state index in [0.717, 1.165) is 35.1 Å². The Kier molecular flexibility index (Phi) is 8.57. The predicted octanol–water partition coefficient (Wildman–Crippen LogP) is 5.43. The first-order valence-electron chi connectivity index (χ1n) is 13.5. The quantitative estimate of drug-likeness (QED) is 0.282. The lowest BCUT2D eigenvalue weighted by atomic mass is 9.94. The zero-order valence-corrected chi connectivity index (χ0v) is 23.5. The number of aromatic amines is 1. The van der Waals surface area contributed by atoms with Crippen molar-refractivity contribution in [2.24, 2.45) is 5.92 Å². The molecule has 1 saturated heterocycles. The number of nitrogens with zero attached hydrogens (tertiary/aromatic N) is 4. The van der Waals surface area contributed by atoms with Crippen LogP contribution in [0.4, 0.5) is 5.69 Å². The molecule has 0 bridgehead atoms. The number of likely N-dealkylation sites (N-methyl/N-ethyl adjacent to an activating group) is 1. The summed E-state index contributed by atoms with van der Waals surface area (Å²) in [4.78, 5) is 41.9. The number of benzene rings is 2. The lowest BCUT2D eigenvalue weighted by Crippen LogP contribution is -2.40. The van der Waals surface area contributed by atoms with Crippen LogP contribution >= 0.6 is 11.6 Å². The average molecular weight is 557 g/mol. The molecule has 1 aliphatic heterocycles. The number of anilines is 1. The monoisotopic (exact) mass is 556 g/mol. The molecule has 1 fully saturated rings. The number of H-pyrrole nitrogens is 1. The number of carbonyl (C=O) groups is 2. The van der Waals surface area contributed by atoms with Gasteiger partial charge < -0.3 is 20.1 Å². The first kappa shape index (κ1) is 27.6. The molecule has 9 heteroatoms. The van der Waals surface area contributed by atoms with Gasteiger partial charge in [-0.3, -0.25) is 9.59 Å². The molecule has 2 N–H and O–H groups in total. The summed E-state index contributed by atoms with van der Waals surface area (Å²) in [7, 11) is 3.88. The summed E-state index contributed by atoms with van der Waals surface area (Å²) in [6.45, 7) is 2.04. The zero-order chi connectivity index (χ0) is 28.1. The van der Waals surface area contributed by atoms with E-state index >= 15 is 0 Å². The molecule has 2 amide bonds. The molecule has 1 aliphatic rings. The van der Waals surface area contributed by atoms with Gasteiger partial charge in [0.1, 0.15) is 5.82 Å². The second-order valence-corrected chi connectivity index (χ2v) is 10.8. The second kappa shape index (κ2) is 12.4. The van der Waals surface area contributed by atoms with E-state index in [1.807, 2.05) is 54.4 Å². The van der Waals surface area contributed by atoms with Crippen molar-refractivity contribution in [3.05, 3.63) is 89.5 Å². The van der Waals surface area contributed by atoms with Crippen molar-refractivity contribution in [3.8, 4) is 11.3 Å². The van der Waals surface area contributed by atoms with E-state index in [-0.39, 0.29) is 17.7 Å². The minimum atomic E-state index is -0.197. The van der Waals surface area contributed by atoms with Crippen molar-refractivity contribution < 1.29 is 9.59 Å². The van der Waals surface area contributed by atoms with E-state index in [1.54, 1.807) is 36.5 Å². The lowest BCUT2D eigenvalue weighted by Gasteiger charge is -2.32. The number of hydrogen-bond donors (Lipinski definition) is 2. The van der Waals surface area contributed by atoms with Gasteiger partial charge in [0.25, 0.3) is 5.91 Å². The van der Waals surface area contributed by atoms with Crippen LogP contribution in [0.5, 0.6) is 0 Å². The van der Waals surface area contributed by atoms with Gasteiger partial charge in [-0.15, -0.1) is 0 Å². The Morgan fingerprint density at radius 1 is 1.18 bits per heavy atom. The molecule has 40 heavy (non-hydrogen) atoms. The number of piperidine rings is 1. The van der Waals surface area contributed by atoms with E-state index < -0.39 is 0 Å². The fraction of sp³-hybridized carbons (Fsp3) is 0.290. The van der Waals surface area contributed by atoms with Crippen molar-refractivity contribution in [3.63, 3.8) is 0 Å². The van der Waals surface area contributed by atoms with Crippen LogP contribution in [0.15, 0.2) is 73.1 Å². The van der Waals surface area contributed by atoms with Gasteiger partial charge in [0.05, 0.1) is 10.7 Å². The highest BCUT2D eigenvalue weighted by Crippen LogP contribution is 2.32. The number of amides is 2. The summed E-state index contributed by atoms with van der Waals surface area (Å²) >= 11 is 6.52. The van der Waals surface area contributed by atoms with Gasteiger partial charge in [-0.25, -0.2) is 9.97 Å². The van der Waals surface area contributed by atoms with Gasteiger partial charge in [0.2, 0.25) is 5.91 Å². The van der Waals surface area contributed by atoms with Crippen LogP contribution in [0.25, 0.3) is 22.2 Å². The van der Waals surface area contributed by atoms with Gasteiger partial charge in [-0.2, -0.15) is 0 Å². The molecule has 3 heterocycles. The highest BCUT2D eigenvalue weighted by Gasteiger charge is 2.26. The molecular formula is C31H33ClN6O2. The summed E-state index contributed by atoms with van der Waals surface area (Å²) in [5, 5.41) is 4.41. The molecule has 8 nitrogen and oxygen atoms in total. The van der Waals surface area contributed by atoms with Crippen LogP contribution in [-0.2, 0) is 11.2 Å². The Labute approximate surface area is 239 Å². The van der Waals surface area contributed by atoms with E-state index in [9.17, 15) is 9.59 Å². The smallest absolute Gasteiger partial charge is 0.253 e. The van der Waals surface area contributed by atoms with Crippen molar-refractivity contribution in [1.82, 2.24) is 24.8 Å². The summed E-state index contributed by atoms with van der Waals surface area (Å²) in [5.74, 6) is 0.771. The SMILES string of the molecule is CN(C)C/C=C/C(=O)Nc1ccc(C(=O)N2CCC[C@H](Cc3ncc(Cl)c(-c4c[nH]c5ccccc45)n3)C2)cc1. The molecule has 0 radical (unpaired) electrons. The van der Waals surface area contributed by atoms with Crippen LogP contribution in [0, 0.1) is 5.92 Å². The van der Waals surface area contributed by atoms with Gasteiger partial charge >= 0.3 is 0 Å². The molecule has 206 valence electrons. The van der Waals surface area contributed by atoms with Crippen LogP contribution in [0.1, 0.15) is 29.0 Å². The Balaban J connectivity index is 1.22. The largest absolute Gasteiger partial charge is 0.360 e. The Morgan fingerprint density at radius 3 is 2.77 bits per heavy atom. The molecule has 1 atom stereocenters.